The fourth-order valence-electron chi connectivity index (χ4n) is 1.60. The predicted molar refractivity (Wildman–Crippen MR) is 81.6 cm³/mol. The third-order valence-electron chi connectivity index (χ3n) is 2.67. The number of anilines is 1. The van der Waals surface area contributed by atoms with Crippen LogP contribution < -0.4 is 5.73 Å². The van der Waals surface area contributed by atoms with Gasteiger partial charge in [0, 0.05) is 8.54 Å². The summed E-state index contributed by atoms with van der Waals surface area (Å²) in [6.45, 7) is 0. The van der Waals surface area contributed by atoms with Crippen molar-refractivity contribution < 1.29 is 28.8 Å². The SMILES string of the molecule is Nc1ccc(N=Nc2ccc(S(=O)(=O)[O-])cc2)cc1S(=O)(=O)[O-].[2HH].[2HH]. The van der Waals surface area contributed by atoms with Crippen molar-refractivity contribution in [3.63, 3.8) is 0 Å². The third kappa shape index (κ3) is 4.32. The molecule has 0 aromatic heterocycles. The van der Waals surface area contributed by atoms with Gasteiger partial charge in [0.15, 0.2) is 0 Å². The van der Waals surface area contributed by atoms with Crippen LogP contribution in [0.3, 0.4) is 0 Å². The Morgan fingerprint density at radius 1 is 0.826 bits per heavy atom. The Hall–Kier alpha value is -2.34. The van der Waals surface area contributed by atoms with Gasteiger partial charge in [-0.1, -0.05) is 0 Å². The molecule has 0 spiro atoms. The van der Waals surface area contributed by atoms with E-state index in [1.807, 2.05) is 0 Å². The summed E-state index contributed by atoms with van der Waals surface area (Å²) < 4.78 is 65.4. The Labute approximate surface area is 135 Å². The molecule has 0 fully saturated rings. The van der Waals surface area contributed by atoms with Crippen molar-refractivity contribution in [2.45, 2.75) is 9.79 Å². The summed E-state index contributed by atoms with van der Waals surface area (Å²) in [5, 5.41) is 7.47. The molecular formula is C12H13N3O6S2-2. The lowest BCUT2D eigenvalue weighted by atomic mass is 10.3. The van der Waals surface area contributed by atoms with Crippen molar-refractivity contribution in [3.05, 3.63) is 42.5 Å². The lowest BCUT2D eigenvalue weighted by Gasteiger charge is -2.10. The Morgan fingerprint density at radius 3 is 1.87 bits per heavy atom. The van der Waals surface area contributed by atoms with E-state index in [1.54, 1.807) is 0 Å². The highest BCUT2D eigenvalue weighted by atomic mass is 32.2. The standard InChI is InChI=1S/C12H11N3O6S2.2H2/c13-11-6-3-9(7-12(11)23(19,20)21)15-14-8-1-4-10(5-2-8)22(16,17)18;;/h1-7H,13H2,(H,16,17,18)(H,19,20,21);2*1H/p-2/i;2*1+1. The lowest BCUT2D eigenvalue weighted by molar-refractivity contribution is 0.461. The number of benzene rings is 2. The minimum absolute atomic E-state index is 0. The molecule has 23 heavy (non-hydrogen) atoms. The van der Waals surface area contributed by atoms with Gasteiger partial charge < -0.3 is 14.8 Å². The number of rotatable bonds is 4. The second-order valence-corrected chi connectivity index (χ2v) is 7.05. The Kier molecular flexibility index (Phi) is 4.47. The maximum Gasteiger partial charge on any atom is 0.126 e. The van der Waals surface area contributed by atoms with Gasteiger partial charge >= 0.3 is 0 Å². The molecule has 0 aliphatic heterocycles. The van der Waals surface area contributed by atoms with Crippen LogP contribution in [-0.2, 0) is 20.2 Å². The molecule has 0 radical (unpaired) electrons. The second-order valence-electron chi connectivity index (χ2n) is 4.32. The number of nitrogen functional groups attached to an aromatic ring is 1. The van der Waals surface area contributed by atoms with Crippen LogP contribution in [0.4, 0.5) is 17.1 Å². The van der Waals surface area contributed by atoms with E-state index >= 15 is 0 Å². The summed E-state index contributed by atoms with van der Waals surface area (Å²) in [5.41, 5.74) is 5.48. The van der Waals surface area contributed by atoms with Crippen LogP contribution >= 0.6 is 0 Å². The molecule has 0 saturated carbocycles. The zero-order chi connectivity index (χ0) is 17.3. The monoisotopic (exact) mass is 361 g/mol. The molecule has 0 aliphatic rings. The number of nitrogens with zero attached hydrogens (tertiary/aromatic N) is 2. The summed E-state index contributed by atoms with van der Waals surface area (Å²) in [7, 11) is -9.29. The molecule has 11 heteroatoms. The van der Waals surface area contributed by atoms with E-state index in [2.05, 4.69) is 10.2 Å². The van der Waals surface area contributed by atoms with E-state index in [0.29, 0.717) is 0 Å². The van der Waals surface area contributed by atoms with Crippen LogP contribution in [0.5, 0.6) is 0 Å². The van der Waals surface area contributed by atoms with Gasteiger partial charge in [-0.3, -0.25) is 0 Å². The fraction of sp³-hybridized carbons (Fsp3) is 0. The molecule has 0 heterocycles. The smallest absolute Gasteiger partial charge is 0.126 e. The minimum Gasteiger partial charge on any atom is -0.744 e. The van der Waals surface area contributed by atoms with Crippen molar-refractivity contribution >= 4 is 37.3 Å². The Bertz CT molecular complexity index is 976. The Morgan fingerprint density at radius 2 is 1.35 bits per heavy atom. The van der Waals surface area contributed by atoms with Crippen LogP contribution in [0, 0.1) is 0 Å². The highest BCUT2D eigenvalue weighted by Gasteiger charge is 2.07. The molecule has 0 atom stereocenters. The van der Waals surface area contributed by atoms with Crippen LogP contribution in [0.15, 0.2) is 62.5 Å². The Balaban J connectivity index is 0.00000288. The van der Waals surface area contributed by atoms with Crippen LogP contribution in [-0.4, -0.2) is 25.9 Å². The first-order chi connectivity index (χ1) is 10.6. The molecule has 2 aromatic rings. The van der Waals surface area contributed by atoms with Gasteiger partial charge in [-0.05, 0) is 42.5 Å². The van der Waals surface area contributed by atoms with Gasteiger partial charge in [0.1, 0.15) is 20.2 Å². The molecule has 2 aromatic carbocycles. The first-order valence-electron chi connectivity index (χ1n) is 5.90. The summed E-state index contributed by atoms with van der Waals surface area (Å²) in [6, 6.07) is 8.14. The first-order valence-corrected chi connectivity index (χ1v) is 8.72. The molecule has 0 saturated heterocycles. The van der Waals surface area contributed by atoms with Crippen LogP contribution in [0.25, 0.3) is 0 Å². The van der Waals surface area contributed by atoms with E-state index in [0.717, 1.165) is 18.2 Å². The van der Waals surface area contributed by atoms with Gasteiger partial charge in [-0.2, -0.15) is 10.2 Å². The fourth-order valence-corrected chi connectivity index (χ4v) is 2.69. The highest BCUT2D eigenvalue weighted by molar-refractivity contribution is 7.86. The second kappa shape index (κ2) is 6.04. The average Bonchev–Trinajstić information content (AvgIpc) is 2.44. The molecule has 2 rings (SSSR count). The number of hydrogen-bond acceptors (Lipinski definition) is 9. The van der Waals surface area contributed by atoms with E-state index in [4.69, 9.17) is 5.73 Å². The topological polar surface area (TPSA) is 165 Å². The first kappa shape index (κ1) is 17.0. The van der Waals surface area contributed by atoms with Crippen LogP contribution in [0.1, 0.15) is 2.85 Å². The zero-order valence-electron chi connectivity index (χ0n) is 11.3. The third-order valence-corrected chi connectivity index (χ3v) is 4.41. The van der Waals surface area contributed by atoms with E-state index < -0.39 is 30.0 Å². The van der Waals surface area contributed by atoms with Crippen molar-refractivity contribution in [2.75, 3.05) is 5.73 Å². The van der Waals surface area contributed by atoms with Crippen molar-refractivity contribution in [1.29, 1.82) is 0 Å². The number of hydrogen-bond donors (Lipinski definition) is 1. The number of azo groups is 1. The van der Waals surface area contributed by atoms with Crippen molar-refractivity contribution in [1.82, 2.24) is 0 Å². The summed E-state index contributed by atoms with van der Waals surface area (Å²) in [4.78, 5) is -1.02. The molecule has 0 aliphatic carbocycles. The highest BCUT2D eigenvalue weighted by Crippen LogP contribution is 2.26. The van der Waals surface area contributed by atoms with E-state index in [1.165, 1.54) is 24.3 Å². The van der Waals surface area contributed by atoms with Gasteiger partial charge in [-0.25, -0.2) is 16.8 Å². The maximum atomic E-state index is 11.0. The molecular weight excluding hydrogens is 346 g/mol. The van der Waals surface area contributed by atoms with Gasteiger partial charge in [0.25, 0.3) is 0 Å². The average molecular weight is 361 g/mol. The predicted octanol–water partition coefficient (Wildman–Crippen LogP) is 1.98. The molecule has 126 valence electrons. The summed E-state index contributed by atoms with van der Waals surface area (Å²) in [5.74, 6) is 0. The summed E-state index contributed by atoms with van der Waals surface area (Å²) >= 11 is 0. The molecule has 9 nitrogen and oxygen atoms in total. The quantitative estimate of drug-likeness (QED) is 0.493. The van der Waals surface area contributed by atoms with Crippen LogP contribution in [0.2, 0.25) is 0 Å². The maximum absolute atomic E-state index is 11.0. The number of nitrogens with two attached hydrogens (primary N) is 1. The molecule has 0 unspecified atom stereocenters. The van der Waals surface area contributed by atoms with Gasteiger partial charge in [0.05, 0.1) is 21.2 Å². The van der Waals surface area contributed by atoms with E-state index in [9.17, 15) is 25.9 Å². The largest absolute Gasteiger partial charge is 0.744 e. The molecule has 0 bridgehead atoms. The van der Waals surface area contributed by atoms with Gasteiger partial charge in [-0.15, -0.1) is 0 Å². The lowest BCUT2D eigenvalue weighted by Crippen LogP contribution is -2.02. The zero-order valence-corrected chi connectivity index (χ0v) is 12.9. The molecule has 2 N–H and O–H groups in total. The molecule has 0 amide bonds. The van der Waals surface area contributed by atoms with Gasteiger partial charge in [0.2, 0.25) is 0 Å². The normalized spacial score (nSPS) is 12.6. The van der Waals surface area contributed by atoms with Crippen molar-refractivity contribution in [3.8, 4) is 0 Å². The summed E-state index contributed by atoms with van der Waals surface area (Å²) in [6.07, 6.45) is 0. The van der Waals surface area contributed by atoms with E-state index in [-0.39, 0.29) is 19.9 Å². The minimum atomic E-state index is -4.74. The van der Waals surface area contributed by atoms with Crippen molar-refractivity contribution in [2.24, 2.45) is 10.2 Å².